The molecular formula is C55H36N2O. The van der Waals surface area contributed by atoms with Gasteiger partial charge in [0.1, 0.15) is 11.5 Å². The molecule has 0 spiro atoms. The van der Waals surface area contributed by atoms with Crippen LogP contribution in [0.1, 0.15) is 22.3 Å². The Morgan fingerprint density at radius 1 is 0.345 bits per heavy atom. The molecule has 0 saturated carbocycles. The van der Waals surface area contributed by atoms with E-state index in [9.17, 15) is 0 Å². The quantitative estimate of drug-likeness (QED) is 0.159. The molecule has 58 heavy (non-hydrogen) atoms. The summed E-state index contributed by atoms with van der Waals surface area (Å²) in [5, 5.41) is 4.88. The fraction of sp³-hybridized carbons (Fsp3) is 0.0182. The van der Waals surface area contributed by atoms with Gasteiger partial charge in [0.25, 0.3) is 0 Å². The van der Waals surface area contributed by atoms with E-state index in [0.717, 1.165) is 67.4 Å². The third-order valence-electron chi connectivity index (χ3n) is 11.6. The van der Waals surface area contributed by atoms with Crippen molar-refractivity contribution < 1.29 is 4.74 Å². The number of benzene rings is 9. The topological polar surface area (TPSA) is 35.0 Å². The maximum Gasteiger partial charge on any atom is 0.160 e. The summed E-state index contributed by atoms with van der Waals surface area (Å²) >= 11 is 0. The van der Waals surface area contributed by atoms with E-state index in [4.69, 9.17) is 14.7 Å². The van der Waals surface area contributed by atoms with E-state index in [2.05, 4.69) is 200 Å². The lowest BCUT2D eigenvalue weighted by molar-refractivity contribution is 0.434. The fourth-order valence-corrected chi connectivity index (χ4v) is 9.05. The number of rotatable bonds is 6. The van der Waals surface area contributed by atoms with Crippen molar-refractivity contribution in [3.8, 4) is 56.5 Å². The first-order chi connectivity index (χ1) is 28.8. The maximum atomic E-state index is 6.66. The van der Waals surface area contributed by atoms with Crippen LogP contribution in [0.4, 0.5) is 0 Å². The summed E-state index contributed by atoms with van der Waals surface area (Å²) in [7, 11) is 0. The zero-order chi connectivity index (χ0) is 38.5. The lowest BCUT2D eigenvalue weighted by Crippen LogP contribution is -2.34. The summed E-state index contributed by atoms with van der Waals surface area (Å²) in [5.74, 6) is 2.39. The Morgan fingerprint density at radius 2 is 0.897 bits per heavy atom. The number of fused-ring (bicyclic) bond motifs is 5. The van der Waals surface area contributed by atoms with Crippen molar-refractivity contribution in [2.75, 3.05) is 0 Å². The van der Waals surface area contributed by atoms with Gasteiger partial charge in [-0.2, -0.15) is 0 Å². The monoisotopic (exact) mass is 740 g/mol. The average Bonchev–Trinajstić information content (AvgIpc) is 3.31. The summed E-state index contributed by atoms with van der Waals surface area (Å²) in [6, 6.07) is 77.4. The standard InChI is InChI=1S/C55H36N2O/c1-3-18-38(19-4-1)54-56-50(40-33-34-43-39(35-40)32-31-37-17-7-8-22-42(37)43)36-51(57-54)46-25-10-9-23-44(46)45-24-11-12-26-47(45)55(41-20-5-2-6-21-41)48-27-13-15-29-52(48)58-53-30-16-14-28-49(53)55/h1-36H. The Bertz CT molecular complexity index is 3110. The molecule has 272 valence electrons. The Balaban J connectivity index is 1.15. The molecule has 0 bridgehead atoms. The van der Waals surface area contributed by atoms with Crippen LogP contribution in [0.25, 0.3) is 66.6 Å². The number of hydrogen-bond donors (Lipinski definition) is 0. The summed E-state index contributed by atoms with van der Waals surface area (Å²) in [6.45, 7) is 0. The molecule has 0 radical (unpaired) electrons. The minimum Gasteiger partial charge on any atom is -0.457 e. The number of hydrogen-bond acceptors (Lipinski definition) is 3. The van der Waals surface area contributed by atoms with Gasteiger partial charge in [-0.1, -0.05) is 194 Å². The van der Waals surface area contributed by atoms with Gasteiger partial charge in [-0.15, -0.1) is 0 Å². The molecule has 0 aliphatic carbocycles. The van der Waals surface area contributed by atoms with E-state index in [1.165, 1.54) is 27.1 Å². The van der Waals surface area contributed by atoms with E-state index in [1.807, 2.05) is 18.2 Å². The molecule has 0 atom stereocenters. The van der Waals surface area contributed by atoms with Crippen LogP contribution in [0.2, 0.25) is 0 Å². The van der Waals surface area contributed by atoms with Crippen molar-refractivity contribution in [2.24, 2.45) is 0 Å². The van der Waals surface area contributed by atoms with Gasteiger partial charge in [-0.3, -0.25) is 0 Å². The van der Waals surface area contributed by atoms with Gasteiger partial charge in [0.2, 0.25) is 0 Å². The predicted octanol–water partition coefficient (Wildman–Crippen LogP) is 13.9. The van der Waals surface area contributed by atoms with Crippen LogP contribution < -0.4 is 4.74 Å². The zero-order valence-corrected chi connectivity index (χ0v) is 31.6. The molecule has 0 fully saturated rings. The average molecular weight is 741 g/mol. The minimum atomic E-state index is -0.683. The second-order valence-corrected chi connectivity index (χ2v) is 14.9. The molecule has 2 heterocycles. The van der Waals surface area contributed by atoms with E-state index in [-0.39, 0.29) is 0 Å². The largest absolute Gasteiger partial charge is 0.457 e. The molecule has 3 heteroatoms. The van der Waals surface area contributed by atoms with Crippen molar-refractivity contribution in [1.82, 2.24) is 9.97 Å². The van der Waals surface area contributed by atoms with Crippen molar-refractivity contribution >= 4 is 21.5 Å². The first-order valence-corrected chi connectivity index (χ1v) is 19.7. The van der Waals surface area contributed by atoms with Crippen molar-refractivity contribution in [3.63, 3.8) is 0 Å². The van der Waals surface area contributed by atoms with E-state index in [1.54, 1.807) is 0 Å². The van der Waals surface area contributed by atoms with Crippen LogP contribution in [0.3, 0.4) is 0 Å². The van der Waals surface area contributed by atoms with E-state index in [0.29, 0.717) is 5.82 Å². The number of aromatic nitrogens is 2. The summed E-state index contributed by atoms with van der Waals surface area (Å²) < 4.78 is 6.66. The van der Waals surface area contributed by atoms with Crippen LogP contribution in [-0.2, 0) is 5.41 Å². The van der Waals surface area contributed by atoms with Crippen molar-refractivity contribution in [1.29, 1.82) is 0 Å². The third-order valence-corrected chi connectivity index (χ3v) is 11.6. The highest BCUT2D eigenvalue weighted by Gasteiger charge is 2.46. The van der Waals surface area contributed by atoms with Crippen molar-refractivity contribution in [2.45, 2.75) is 5.41 Å². The smallest absolute Gasteiger partial charge is 0.160 e. The van der Waals surface area contributed by atoms with Gasteiger partial charge in [-0.05, 0) is 68.1 Å². The highest BCUT2D eigenvalue weighted by molar-refractivity contribution is 6.08. The first-order valence-electron chi connectivity index (χ1n) is 19.7. The number of ether oxygens (including phenoxy) is 1. The second-order valence-electron chi connectivity index (χ2n) is 14.9. The molecule has 0 unspecified atom stereocenters. The lowest BCUT2D eigenvalue weighted by Gasteiger charge is -2.42. The molecule has 0 saturated heterocycles. The first kappa shape index (κ1) is 33.7. The number of nitrogens with zero attached hydrogens (tertiary/aromatic N) is 2. The fourth-order valence-electron chi connectivity index (χ4n) is 9.05. The molecule has 1 aliphatic heterocycles. The zero-order valence-electron chi connectivity index (χ0n) is 31.6. The Hall–Kier alpha value is -7.62. The minimum absolute atomic E-state index is 0.683. The molecular weight excluding hydrogens is 705 g/mol. The SMILES string of the molecule is c1ccc(-c2nc(-c3ccc4c(ccc5ccccc54)c3)cc(-c3ccccc3-c3ccccc3C3(c4ccccc4)c4ccccc4Oc4ccccc43)n2)cc1. The van der Waals surface area contributed by atoms with Crippen LogP contribution in [0.5, 0.6) is 11.5 Å². The van der Waals surface area contributed by atoms with Crippen LogP contribution in [0.15, 0.2) is 218 Å². The van der Waals surface area contributed by atoms with Crippen LogP contribution >= 0.6 is 0 Å². The summed E-state index contributed by atoms with van der Waals surface area (Å²) in [6.07, 6.45) is 0. The van der Waals surface area contributed by atoms with Gasteiger partial charge < -0.3 is 4.74 Å². The normalized spacial score (nSPS) is 12.8. The third kappa shape index (κ3) is 5.43. The Kier molecular flexibility index (Phi) is 8.04. The van der Waals surface area contributed by atoms with Crippen LogP contribution in [0, 0.1) is 0 Å². The molecule has 3 nitrogen and oxygen atoms in total. The van der Waals surface area contributed by atoms with Gasteiger partial charge in [0, 0.05) is 27.8 Å². The predicted molar refractivity (Wildman–Crippen MR) is 237 cm³/mol. The van der Waals surface area contributed by atoms with E-state index >= 15 is 0 Å². The second kappa shape index (κ2) is 13.8. The summed E-state index contributed by atoms with van der Waals surface area (Å²) in [5.41, 5.74) is 10.8. The molecule has 0 N–H and O–H groups in total. The molecule has 0 amide bonds. The molecule has 11 rings (SSSR count). The molecule has 1 aliphatic rings. The molecule has 1 aromatic heterocycles. The molecule has 10 aromatic rings. The van der Waals surface area contributed by atoms with Gasteiger partial charge in [0.15, 0.2) is 5.82 Å². The van der Waals surface area contributed by atoms with Crippen molar-refractivity contribution in [3.05, 3.63) is 241 Å². The summed E-state index contributed by atoms with van der Waals surface area (Å²) in [4.78, 5) is 10.6. The number of para-hydroxylation sites is 2. The van der Waals surface area contributed by atoms with Crippen LogP contribution in [-0.4, -0.2) is 9.97 Å². The van der Waals surface area contributed by atoms with E-state index < -0.39 is 5.41 Å². The lowest BCUT2D eigenvalue weighted by atomic mass is 9.62. The highest BCUT2D eigenvalue weighted by Crippen LogP contribution is 2.57. The van der Waals surface area contributed by atoms with Gasteiger partial charge in [-0.25, -0.2) is 9.97 Å². The Labute approximate surface area is 337 Å². The van der Waals surface area contributed by atoms with Gasteiger partial charge >= 0.3 is 0 Å². The highest BCUT2D eigenvalue weighted by atomic mass is 16.5. The maximum absolute atomic E-state index is 6.66. The van der Waals surface area contributed by atoms with Gasteiger partial charge in [0.05, 0.1) is 16.8 Å². The Morgan fingerprint density at radius 3 is 1.66 bits per heavy atom. The molecule has 9 aromatic carbocycles.